The number of aldehydes is 1. The summed E-state index contributed by atoms with van der Waals surface area (Å²) in [7, 11) is 0. The predicted molar refractivity (Wildman–Crippen MR) is 64.7 cm³/mol. The maximum absolute atomic E-state index is 10.8. The van der Waals surface area contributed by atoms with Crippen molar-refractivity contribution in [2.24, 2.45) is 0 Å². The van der Waals surface area contributed by atoms with Crippen LogP contribution in [0.4, 0.5) is 0 Å². The highest BCUT2D eigenvalue weighted by Gasteiger charge is 2.21. The van der Waals surface area contributed by atoms with Gasteiger partial charge < -0.3 is 0 Å². The van der Waals surface area contributed by atoms with E-state index in [0.29, 0.717) is 5.69 Å². The first-order valence-electron chi connectivity index (χ1n) is 5.05. The maximum atomic E-state index is 10.8. The molecule has 1 aromatic rings. The molecule has 0 saturated carbocycles. The molecule has 0 amide bonds. The highest BCUT2D eigenvalue weighted by molar-refractivity contribution is 7.99. The number of pyridine rings is 1. The fourth-order valence-electron chi connectivity index (χ4n) is 1.22. The fourth-order valence-corrected chi connectivity index (χ4v) is 1.99. The molecule has 0 bridgehead atoms. The van der Waals surface area contributed by atoms with Gasteiger partial charge in [0.15, 0.2) is 6.29 Å². The second kappa shape index (κ2) is 5.13. The zero-order valence-corrected chi connectivity index (χ0v) is 10.5. The Morgan fingerprint density at radius 3 is 2.81 bits per heavy atom. The van der Waals surface area contributed by atoms with Crippen LogP contribution >= 0.6 is 11.8 Å². The van der Waals surface area contributed by atoms with Crippen LogP contribution in [0.1, 0.15) is 36.8 Å². The lowest BCUT2D eigenvalue weighted by atomic mass is 9.87. The summed E-state index contributed by atoms with van der Waals surface area (Å²) in [5.41, 5.74) is 0.721. The van der Waals surface area contributed by atoms with E-state index in [-0.39, 0.29) is 0 Å². The highest BCUT2D eigenvalue weighted by atomic mass is 32.2. The predicted octanol–water partition coefficient (Wildman–Crippen LogP) is 2.81. The Labute approximate surface area is 99.9 Å². The van der Waals surface area contributed by atoms with Crippen molar-refractivity contribution in [1.82, 2.24) is 4.98 Å². The molecular formula is C12H14N2OS. The number of rotatable bonds is 4. The Kier molecular flexibility index (Phi) is 4.08. The Morgan fingerprint density at radius 1 is 1.62 bits per heavy atom. The van der Waals surface area contributed by atoms with E-state index in [4.69, 9.17) is 5.26 Å². The minimum atomic E-state index is -0.572. The van der Waals surface area contributed by atoms with Crippen LogP contribution < -0.4 is 0 Å². The van der Waals surface area contributed by atoms with Gasteiger partial charge in [0.05, 0.1) is 11.5 Å². The van der Waals surface area contributed by atoms with E-state index in [9.17, 15) is 4.79 Å². The molecule has 0 saturated heterocycles. The molecule has 16 heavy (non-hydrogen) atoms. The van der Waals surface area contributed by atoms with E-state index < -0.39 is 5.41 Å². The topological polar surface area (TPSA) is 53.8 Å². The van der Waals surface area contributed by atoms with Gasteiger partial charge in [-0.15, -0.1) is 11.8 Å². The first-order chi connectivity index (χ1) is 7.55. The van der Waals surface area contributed by atoms with E-state index in [2.05, 4.69) is 11.1 Å². The number of hydrogen-bond acceptors (Lipinski definition) is 4. The van der Waals surface area contributed by atoms with Crippen molar-refractivity contribution >= 4 is 18.0 Å². The molecule has 84 valence electrons. The monoisotopic (exact) mass is 234 g/mol. The largest absolute Gasteiger partial charge is 0.296 e. The quantitative estimate of drug-likeness (QED) is 0.593. The van der Waals surface area contributed by atoms with Gasteiger partial charge in [0.1, 0.15) is 5.69 Å². The van der Waals surface area contributed by atoms with Gasteiger partial charge in [-0.2, -0.15) is 5.26 Å². The molecule has 3 nitrogen and oxygen atoms in total. The van der Waals surface area contributed by atoms with Gasteiger partial charge in [0.25, 0.3) is 0 Å². The van der Waals surface area contributed by atoms with Crippen LogP contribution in [0.15, 0.2) is 17.2 Å². The van der Waals surface area contributed by atoms with Crippen molar-refractivity contribution in [3.05, 3.63) is 23.5 Å². The van der Waals surface area contributed by atoms with Gasteiger partial charge in [0, 0.05) is 11.1 Å². The molecular weight excluding hydrogens is 220 g/mol. The summed E-state index contributed by atoms with van der Waals surface area (Å²) in [6.07, 6.45) is 2.35. The molecule has 0 atom stereocenters. The van der Waals surface area contributed by atoms with Crippen LogP contribution in [-0.2, 0) is 5.41 Å². The molecule has 1 heterocycles. The van der Waals surface area contributed by atoms with Crippen LogP contribution in [0, 0.1) is 11.3 Å². The number of carbonyl (C=O) groups excluding carboxylic acids is 1. The number of hydrogen-bond donors (Lipinski definition) is 0. The van der Waals surface area contributed by atoms with Gasteiger partial charge in [0.2, 0.25) is 0 Å². The van der Waals surface area contributed by atoms with Crippen LogP contribution in [0.25, 0.3) is 0 Å². The Morgan fingerprint density at radius 2 is 2.31 bits per heavy atom. The van der Waals surface area contributed by atoms with Crippen LogP contribution in [-0.4, -0.2) is 17.0 Å². The van der Waals surface area contributed by atoms with Crippen molar-refractivity contribution in [1.29, 1.82) is 5.26 Å². The van der Waals surface area contributed by atoms with Gasteiger partial charge in [-0.3, -0.25) is 9.78 Å². The molecule has 0 spiro atoms. The number of aromatic nitrogens is 1. The molecule has 0 N–H and O–H groups in total. The summed E-state index contributed by atoms with van der Waals surface area (Å²) in [6.45, 7) is 5.69. The zero-order valence-electron chi connectivity index (χ0n) is 9.65. The Bertz CT molecular complexity index is 435. The van der Waals surface area contributed by atoms with E-state index in [1.165, 1.54) is 0 Å². The van der Waals surface area contributed by atoms with Crippen molar-refractivity contribution < 1.29 is 4.79 Å². The molecule has 0 aliphatic rings. The van der Waals surface area contributed by atoms with Gasteiger partial charge in [-0.05, 0) is 31.2 Å². The van der Waals surface area contributed by atoms with Crippen molar-refractivity contribution in [2.75, 3.05) is 5.75 Å². The molecule has 1 rings (SSSR count). The number of carbonyl (C=O) groups is 1. The van der Waals surface area contributed by atoms with Crippen molar-refractivity contribution in [3.63, 3.8) is 0 Å². The van der Waals surface area contributed by atoms with E-state index in [1.54, 1.807) is 18.0 Å². The summed E-state index contributed by atoms with van der Waals surface area (Å²) < 4.78 is 0. The average molecular weight is 234 g/mol. The molecule has 0 aromatic carbocycles. The number of thioether (sulfide) groups is 1. The molecule has 1 aromatic heterocycles. The van der Waals surface area contributed by atoms with Gasteiger partial charge in [-0.25, -0.2) is 0 Å². The van der Waals surface area contributed by atoms with E-state index in [1.807, 2.05) is 26.8 Å². The van der Waals surface area contributed by atoms with Crippen molar-refractivity contribution in [3.8, 4) is 6.07 Å². The second-order valence-electron chi connectivity index (χ2n) is 3.90. The summed E-state index contributed by atoms with van der Waals surface area (Å²) in [5.74, 6) is 0.874. The lowest BCUT2D eigenvalue weighted by Gasteiger charge is -2.16. The molecule has 0 aliphatic carbocycles. The molecule has 4 heteroatoms. The van der Waals surface area contributed by atoms with Crippen molar-refractivity contribution in [2.45, 2.75) is 31.1 Å². The minimum absolute atomic E-state index is 0.448. The first kappa shape index (κ1) is 12.7. The molecule has 0 unspecified atom stereocenters. The highest BCUT2D eigenvalue weighted by Crippen LogP contribution is 2.27. The lowest BCUT2D eigenvalue weighted by Crippen LogP contribution is -2.14. The lowest BCUT2D eigenvalue weighted by molar-refractivity contribution is 0.111. The maximum Gasteiger partial charge on any atom is 0.169 e. The van der Waals surface area contributed by atoms with Crippen LogP contribution in [0.5, 0.6) is 0 Å². The minimum Gasteiger partial charge on any atom is -0.296 e. The average Bonchev–Trinajstić information content (AvgIpc) is 2.29. The molecule has 0 radical (unpaired) electrons. The van der Waals surface area contributed by atoms with Crippen LogP contribution in [0.3, 0.4) is 0 Å². The third-order valence-corrected chi connectivity index (χ3v) is 3.22. The Balaban J connectivity index is 3.22. The van der Waals surface area contributed by atoms with Gasteiger partial charge in [-0.1, -0.05) is 6.92 Å². The second-order valence-corrected chi connectivity index (χ2v) is 5.20. The zero-order chi connectivity index (χ0) is 12.2. The summed E-state index contributed by atoms with van der Waals surface area (Å²) >= 11 is 1.56. The summed E-state index contributed by atoms with van der Waals surface area (Å²) in [5, 5.41) is 9.04. The molecule has 0 fully saturated rings. The third-order valence-electron chi connectivity index (χ3n) is 2.29. The fraction of sp³-hybridized carbons (Fsp3) is 0.417. The van der Waals surface area contributed by atoms with E-state index in [0.717, 1.165) is 22.5 Å². The smallest absolute Gasteiger partial charge is 0.169 e. The summed E-state index contributed by atoms with van der Waals surface area (Å²) in [6, 6.07) is 4.11. The number of nitrogens with zero attached hydrogens (tertiary/aromatic N) is 2. The standard InChI is InChI=1S/C12H14N2OS/c1-4-16-11-5-9(12(2,3)8-13)6-14-10(11)7-15/h5-7H,4H2,1-3H3. The SMILES string of the molecule is CCSc1cc(C(C)(C)C#N)cnc1C=O. The first-order valence-corrected chi connectivity index (χ1v) is 6.03. The van der Waals surface area contributed by atoms with Gasteiger partial charge >= 0.3 is 0 Å². The third kappa shape index (κ3) is 2.61. The van der Waals surface area contributed by atoms with E-state index >= 15 is 0 Å². The Hall–Kier alpha value is -1.34. The normalized spacial score (nSPS) is 10.9. The molecule has 0 aliphatic heterocycles. The summed E-state index contributed by atoms with van der Waals surface area (Å²) in [4.78, 5) is 15.7. The van der Waals surface area contributed by atoms with Crippen LogP contribution in [0.2, 0.25) is 0 Å². The number of nitriles is 1.